The van der Waals surface area contributed by atoms with E-state index in [0.717, 1.165) is 6.08 Å². The molecule has 0 saturated heterocycles. The molecule has 1 atom stereocenters. The van der Waals surface area contributed by atoms with Crippen molar-refractivity contribution >= 4 is 27.5 Å². The van der Waals surface area contributed by atoms with Gasteiger partial charge < -0.3 is 0 Å². The maximum absolute atomic E-state index is 12.2. The minimum atomic E-state index is -4.39. The molecule has 0 fully saturated rings. The molecule has 0 N–H and O–H groups in total. The lowest BCUT2D eigenvalue weighted by molar-refractivity contribution is -0.149. The molecule has 0 amide bonds. The Morgan fingerprint density at radius 3 is 2.42 bits per heavy atom. The fourth-order valence-corrected chi connectivity index (χ4v) is 1.24. The van der Waals surface area contributed by atoms with Crippen molar-refractivity contribution in [1.29, 1.82) is 0 Å². The maximum atomic E-state index is 12.2. The largest absolute Gasteiger partial charge is 0.411 e. The quantitative estimate of drug-likeness (QED) is 0.582. The second kappa shape index (κ2) is 3.07. The summed E-state index contributed by atoms with van der Waals surface area (Å²) in [7, 11) is 0. The van der Waals surface area contributed by atoms with Crippen molar-refractivity contribution < 1.29 is 13.2 Å². The first-order valence-corrected chi connectivity index (χ1v) is 4.33. The summed E-state index contributed by atoms with van der Waals surface area (Å²) < 4.78 is 37.3. The summed E-state index contributed by atoms with van der Waals surface area (Å²) in [6.45, 7) is 0. The van der Waals surface area contributed by atoms with Crippen LogP contribution in [0.1, 0.15) is 6.42 Å². The van der Waals surface area contributed by atoms with E-state index < -0.39 is 11.1 Å². The van der Waals surface area contributed by atoms with Gasteiger partial charge in [0.05, 0.1) is 0 Å². The van der Waals surface area contributed by atoms with Gasteiger partial charge in [-0.2, -0.15) is 13.2 Å². The zero-order valence-corrected chi connectivity index (χ0v) is 8.17. The molecule has 0 aromatic carbocycles. The van der Waals surface area contributed by atoms with Crippen molar-refractivity contribution in [1.82, 2.24) is 0 Å². The Kier molecular flexibility index (Phi) is 2.59. The van der Waals surface area contributed by atoms with Crippen LogP contribution in [-0.4, -0.2) is 11.1 Å². The van der Waals surface area contributed by atoms with Gasteiger partial charge in [-0.05, 0) is 6.42 Å². The van der Waals surface area contributed by atoms with E-state index in [1.165, 1.54) is 12.2 Å². The number of rotatable bonds is 0. The van der Waals surface area contributed by atoms with Crippen molar-refractivity contribution in [2.75, 3.05) is 0 Å². The highest BCUT2D eigenvalue weighted by Gasteiger charge is 2.51. The molecule has 5 heteroatoms. The van der Waals surface area contributed by atoms with Crippen LogP contribution in [0.3, 0.4) is 0 Å². The molecule has 68 valence electrons. The Labute approximate surface area is 81.2 Å². The van der Waals surface area contributed by atoms with Gasteiger partial charge in [0.1, 0.15) is 0 Å². The fourth-order valence-electron chi connectivity index (χ4n) is 0.804. The minimum absolute atomic E-state index is 0.227. The summed E-state index contributed by atoms with van der Waals surface area (Å²) in [5, 5.41) is 0. The maximum Gasteiger partial charge on any atom is 0.411 e. The zero-order valence-electron chi connectivity index (χ0n) is 5.83. The molecule has 1 aliphatic rings. The average Bonchev–Trinajstić information content (AvgIpc) is 1.93. The molecule has 0 nitrogen and oxygen atoms in total. The number of allylic oxidation sites excluding steroid dienone is 4. The van der Waals surface area contributed by atoms with E-state index in [1.807, 2.05) is 0 Å². The van der Waals surface area contributed by atoms with Crippen molar-refractivity contribution in [3.63, 3.8) is 0 Å². The second-order valence-corrected chi connectivity index (χ2v) is 4.08. The van der Waals surface area contributed by atoms with Gasteiger partial charge >= 0.3 is 6.18 Å². The molecule has 0 aromatic heterocycles. The summed E-state index contributed by atoms with van der Waals surface area (Å²) in [5.41, 5.74) is 0. The zero-order chi connectivity index (χ0) is 9.41. The highest BCUT2D eigenvalue weighted by molar-refractivity contribution is 9.11. The van der Waals surface area contributed by atoms with Crippen LogP contribution in [0.5, 0.6) is 0 Å². The van der Waals surface area contributed by atoms with Crippen LogP contribution in [0.2, 0.25) is 0 Å². The van der Waals surface area contributed by atoms with Crippen LogP contribution in [0, 0.1) is 0 Å². The lowest BCUT2D eigenvalue weighted by atomic mass is 9.99. The van der Waals surface area contributed by atoms with E-state index in [4.69, 9.17) is 11.6 Å². The Morgan fingerprint density at radius 1 is 1.50 bits per heavy atom. The first kappa shape index (κ1) is 10.1. The molecule has 1 unspecified atom stereocenters. The van der Waals surface area contributed by atoms with Crippen LogP contribution < -0.4 is 0 Å². The number of hydrogen-bond acceptors (Lipinski definition) is 0. The van der Waals surface area contributed by atoms with Gasteiger partial charge in [-0.15, -0.1) is 11.6 Å². The number of hydrogen-bond donors (Lipinski definition) is 0. The number of alkyl halides is 4. The van der Waals surface area contributed by atoms with Gasteiger partial charge in [-0.3, -0.25) is 0 Å². The molecule has 0 spiro atoms. The third kappa shape index (κ3) is 1.85. The van der Waals surface area contributed by atoms with Crippen LogP contribution in [0.15, 0.2) is 22.7 Å². The van der Waals surface area contributed by atoms with Gasteiger partial charge in [0.2, 0.25) is 0 Å². The molecule has 0 heterocycles. The third-order valence-corrected chi connectivity index (χ3v) is 2.65. The van der Waals surface area contributed by atoms with Crippen molar-refractivity contribution in [2.45, 2.75) is 17.5 Å². The summed E-state index contributed by atoms with van der Waals surface area (Å²) in [4.78, 5) is -2.22. The molecule has 0 aromatic rings. The van der Waals surface area contributed by atoms with Crippen molar-refractivity contribution in [3.8, 4) is 0 Å². The van der Waals surface area contributed by atoms with E-state index in [-0.39, 0.29) is 6.42 Å². The molecule has 0 aliphatic heterocycles. The minimum Gasteiger partial charge on any atom is -0.169 e. The molecule has 12 heavy (non-hydrogen) atoms. The van der Waals surface area contributed by atoms with E-state index in [0.29, 0.717) is 4.48 Å². The van der Waals surface area contributed by atoms with E-state index in [9.17, 15) is 13.2 Å². The second-order valence-electron chi connectivity index (χ2n) is 2.49. The predicted molar refractivity (Wildman–Crippen MR) is 45.4 cm³/mol. The lowest BCUT2D eigenvalue weighted by Gasteiger charge is -2.27. The lowest BCUT2D eigenvalue weighted by Crippen LogP contribution is -2.38. The Balaban J connectivity index is 2.86. The van der Waals surface area contributed by atoms with Gasteiger partial charge in [0, 0.05) is 4.48 Å². The van der Waals surface area contributed by atoms with Gasteiger partial charge in [-0.25, -0.2) is 0 Å². The molecular formula is C7H5BrClF3. The Bertz CT molecular complexity index is 244. The molecule has 1 aliphatic carbocycles. The Morgan fingerprint density at radius 2 is 2.08 bits per heavy atom. The highest BCUT2D eigenvalue weighted by Crippen LogP contribution is 2.43. The number of halogens is 5. The molecular weight excluding hydrogens is 256 g/mol. The van der Waals surface area contributed by atoms with E-state index in [1.54, 1.807) is 0 Å². The van der Waals surface area contributed by atoms with Crippen molar-refractivity contribution in [2.24, 2.45) is 0 Å². The fraction of sp³-hybridized carbons (Fsp3) is 0.429. The van der Waals surface area contributed by atoms with E-state index >= 15 is 0 Å². The SMILES string of the molecule is FC(F)(F)C1(Cl)C=CC(Br)=CC1. The smallest absolute Gasteiger partial charge is 0.169 e. The Hall–Kier alpha value is 0.0400. The van der Waals surface area contributed by atoms with Crippen molar-refractivity contribution in [3.05, 3.63) is 22.7 Å². The highest BCUT2D eigenvalue weighted by atomic mass is 79.9. The third-order valence-electron chi connectivity index (χ3n) is 1.57. The molecule has 0 radical (unpaired) electrons. The van der Waals surface area contributed by atoms with Gasteiger partial charge in [0.25, 0.3) is 0 Å². The standard InChI is InChI=1S/C7H5BrClF3/c8-5-1-3-6(9,4-2-5)7(10,11)12/h1-3H,4H2. The van der Waals surface area contributed by atoms with Crippen LogP contribution in [0.4, 0.5) is 13.2 Å². The predicted octanol–water partition coefficient (Wildman–Crippen LogP) is 3.77. The normalized spacial score (nSPS) is 30.2. The van der Waals surface area contributed by atoms with E-state index in [2.05, 4.69) is 15.9 Å². The molecule has 0 saturated carbocycles. The first-order valence-electron chi connectivity index (χ1n) is 3.16. The summed E-state index contributed by atoms with van der Waals surface area (Å²) >= 11 is 8.39. The molecule has 0 bridgehead atoms. The van der Waals surface area contributed by atoms with Crippen LogP contribution >= 0.6 is 27.5 Å². The van der Waals surface area contributed by atoms with Gasteiger partial charge in [-0.1, -0.05) is 34.2 Å². The van der Waals surface area contributed by atoms with Crippen LogP contribution in [0.25, 0.3) is 0 Å². The monoisotopic (exact) mass is 260 g/mol. The van der Waals surface area contributed by atoms with Gasteiger partial charge in [0.15, 0.2) is 4.87 Å². The summed E-state index contributed by atoms with van der Waals surface area (Å²) in [6.07, 6.45) is -0.951. The first-order chi connectivity index (χ1) is 5.35. The summed E-state index contributed by atoms with van der Waals surface area (Å²) in [5.74, 6) is 0. The summed E-state index contributed by atoms with van der Waals surface area (Å²) in [6, 6.07) is 0. The average molecular weight is 261 g/mol. The van der Waals surface area contributed by atoms with Crippen LogP contribution in [-0.2, 0) is 0 Å². The topological polar surface area (TPSA) is 0 Å². The molecule has 1 rings (SSSR count).